The zero-order valence-corrected chi connectivity index (χ0v) is 19.8. The second-order valence-electron chi connectivity index (χ2n) is 8.45. The van der Waals surface area contributed by atoms with Gasteiger partial charge in [-0.05, 0) is 69.9 Å². The third-order valence-electron chi connectivity index (χ3n) is 4.65. The second-order valence-corrected chi connectivity index (χ2v) is 9.26. The Morgan fingerprint density at radius 2 is 1.59 bits per heavy atom. The van der Waals surface area contributed by atoms with Crippen molar-refractivity contribution in [1.29, 1.82) is 0 Å². The van der Waals surface area contributed by atoms with Crippen LogP contribution in [0.4, 0.5) is 5.69 Å². The lowest BCUT2D eigenvalue weighted by Gasteiger charge is -2.20. The number of amides is 1. The summed E-state index contributed by atoms with van der Waals surface area (Å²) in [5, 5.41) is 12.7. The topological polar surface area (TPSA) is 92.7 Å². The van der Waals surface area contributed by atoms with Gasteiger partial charge in [-0.15, -0.1) is 0 Å². The number of carboxylic acid groups (broad SMARTS) is 1. The largest absolute Gasteiger partial charge is 0.481 e. The second kappa shape index (κ2) is 11.3. The van der Waals surface area contributed by atoms with E-state index in [0.29, 0.717) is 18.5 Å². The first-order valence-electron chi connectivity index (χ1n) is 10.2. The van der Waals surface area contributed by atoms with Crippen LogP contribution in [0.15, 0.2) is 42.5 Å². The minimum absolute atomic E-state index is 0.0593. The number of aryl methyl sites for hydroxylation is 1. The summed E-state index contributed by atoms with van der Waals surface area (Å²) in [6, 6.07) is 11.9. The van der Waals surface area contributed by atoms with Gasteiger partial charge in [0.25, 0.3) is 5.91 Å². The highest BCUT2D eigenvalue weighted by Gasteiger charge is 2.22. The van der Waals surface area contributed by atoms with Crippen LogP contribution in [-0.4, -0.2) is 28.6 Å². The first kappa shape index (κ1) is 25.7. The predicted molar refractivity (Wildman–Crippen MR) is 125 cm³/mol. The number of ether oxygens (including phenoxy) is 1. The molecule has 0 radical (unpaired) electrons. The van der Waals surface area contributed by atoms with Crippen LogP contribution in [0.5, 0.6) is 0 Å². The van der Waals surface area contributed by atoms with Crippen molar-refractivity contribution in [2.24, 2.45) is 5.92 Å². The minimum atomic E-state index is -0.936. The van der Waals surface area contributed by atoms with Gasteiger partial charge in [-0.25, -0.2) is 0 Å². The Bertz CT molecular complexity index is 947. The zero-order valence-electron chi connectivity index (χ0n) is 18.3. The molecule has 0 saturated heterocycles. The maximum atomic E-state index is 12.5. The molecule has 2 aromatic rings. The summed E-state index contributed by atoms with van der Waals surface area (Å²) in [6.07, 6.45) is 1.19. The molecule has 2 aromatic carbocycles. The van der Waals surface area contributed by atoms with Gasteiger partial charge in [-0.2, -0.15) is 0 Å². The van der Waals surface area contributed by atoms with Crippen molar-refractivity contribution >= 4 is 46.7 Å². The molecule has 172 valence electrons. The van der Waals surface area contributed by atoms with E-state index in [1.807, 2.05) is 12.1 Å². The van der Waals surface area contributed by atoms with Crippen LogP contribution in [0.2, 0.25) is 10.0 Å². The summed E-state index contributed by atoms with van der Waals surface area (Å²) < 4.78 is 5.24. The summed E-state index contributed by atoms with van der Waals surface area (Å²) in [6.45, 7) is 5.32. The van der Waals surface area contributed by atoms with Crippen molar-refractivity contribution < 1.29 is 24.2 Å². The minimum Gasteiger partial charge on any atom is -0.481 e. The molecule has 6 nitrogen and oxygen atoms in total. The van der Waals surface area contributed by atoms with Crippen LogP contribution in [0.3, 0.4) is 0 Å². The van der Waals surface area contributed by atoms with E-state index in [0.717, 1.165) is 5.56 Å². The number of halogens is 2. The van der Waals surface area contributed by atoms with Gasteiger partial charge in [0, 0.05) is 12.1 Å². The van der Waals surface area contributed by atoms with E-state index >= 15 is 0 Å². The maximum Gasteiger partial charge on any atom is 0.306 e. The molecule has 2 rings (SSSR count). The van der Waals surface area contributed by atoms with Crippen molar-refractivity contribution in [2.75, 3.05) is 5.32 Å². The van der Waals surface area contributed by atoms with E-state index in [9.17, 15) is 19.5 Å². The average Bonchev–Trinajstić information content (AvgIpc) is 2.67. The molecule has 0 aliphatic carbocycles. The van der Waals surface area contributed by atoms with Crippen molar-refractivity contribution in [2.45, 2.75) is 52.1 Å². The molecule has 1 amide bonds. The number of hydrogen-bond donors (Lipinski definition) is 2. The molecular formula is C24H27Cl2NO5. The van der Waals surface area contributed by atoms with Gasteiger partial charge in [0.05, 0.1) is 21.5 Å². The molecule has 8 heteroatoms. The highest BCUT2D eigenvalue weighted by Crippen LogP contribution is 2.25. The number of benzene rings is 2. The lowest BCUT2D eigenvalue weighted by molar-refractivity contribution is -0.155. The van der Waals surface area contributed by atoms with Crippen LogP contribution >= 0.6 is 23.2 Å². The quantitative estimate of drug-likeness (QED) is 0.430. The number of carbonyl (C=O) groups is 3. The third-order valence-corrected chi connectivity index (χ3v) is 5.28. The molecule has 1 atom stereocenters. The molecule has 0 fully saturated rings. The Balaban J connectivity index is 1.91. The van der Waals surface area contributed by atoms with E-state index < -0.39 is 29.4 Å². The molecular weight excluding hydrogens is 453 g/mol. The van der Waals surface area contributed by atoms with E-state index in [1.165, 1.54) is 0 Å². The van der Waals surface area contributed by atoms with E-state index in [1.54, 1.807) is 51.1 Å². The summed E-state index contributed by atoms with van der Waals surface area (Å²) in [7, 11) is 0. The first-order valence-corrected chi connectivity index (χ1v) is 11.0. The van der Waals surface area contributed by atoms with Gasteiger partial charge in [-0.3, -0.25) is 14.4 Å². The number of nitrogens with one attached hydrogen (secondary N) is 1. The summed E-state index contributed by atoms with van der Waals surface area (Å²) in [5.74, 6) is -2.40. The third kappa shape index (κ3) is 8.17. The number of carboxylic acids is 1. The van der Waals surface area contributed by atoms with Gasteiger partial charge in [-0.1, -0.05) is 41.4 Å². The summed E-state index contributed by atoms with van der Waals surface area (Å²) in [4.78, 5) is 35.9. The maximum absolute atomic E-state index is 12.5. The Morgan fingerprint density at radius 1 is 1.00 bits per heavy atom. The summed E-state index contributed by atoms with van der Waals surface area (Å²) in [5.41, 5.74) is 1.09. The van der Waals surface area contributed by atoms with Crippen molar-refractivity contribution in [1.82, 2.24) is 0 Å². The van der Waals surface area contributed by atoms with E-state index in [2.05, 4.69) is 5.32 Å². The fraction of sp³-hybridized carbons (Fsp3) is 0.375. The average molecular weight is 480 g/mol. The lowest BCUT2D eigenvalue weighted by Crippen LogP contribution is -2.25. The standard InChI is InChI=1S/C24H27Cl2NO5/c1-24(2,3)32-20(28)14-11-16(23(30)31)10-7-15-8-12-17(13-9-15)27-22(29)21-18(25)5-4-6-19(21)26/h4-6,8-9,12-13,16H,7,10-11,14H2,1-3H3,(H,27,29)(H,30,31). The molecule has 0 aliphatic heterocycles. The Kier molecular flexibility index (Phi) is 9.10. The van der Waals surface area contributed by atoms with Gasteiger partial charge in [0.15, 0.2) is 0 Å². The SMILES string of the molecule is CC(C)(C)OC(=O)CCC(CCc1ccc(NC(=O)c2c(Cl)cccc2Cl)cc1)C(=O)O. The van der Waals surface area contributed by atoms with Crippen LogP contribution in [-0.2, 0) is 20.7 Å². The van der Waals surface area contributed by atoms with Gasteiger partial charge in [0.2, 0.25) is 0 Å². The number of aliphatic carboxylic acids is 1. The molecule has 0 bridgehead atoms. The highest BCUT2D eigenvalue weighted by molar-refractivity contribution is 6.40. The Morgan fingerprint density at radius 3 is 2.12 bits per heavy atom. The number of carbonyl (C=O) groups excluding carboxylic acids is 2. The van der Waals surface area contributed by atoms with Crippen LogP contribution in [0.1, 0.15) is 56.0 Å². The number of esters is 1. The number of rotatable bonds is 9. The molecule has 0 heterocycles. The van der Waals surface area contributed by atoms with Crippen molar-refractivity contribution in [3.63, 3.8) is 0 Å². The van der Waals surface area contributed by atoms with E-state index in [4.69, 9.17) is 27.9 Å². The Hall–Kier alpha value is -2.57. The zero-order chi connectivity index (χ0) is 23.9. The van der Waals surface area contributed by atoms with Crippen LogP contribution in [0, 0.1) is 5.92 Å². The van der Waals surface area contributed by atoms with E-state index in [-0.39, 0.29) is 28.5 Å². The molecule has 2 N–H and O–H groups in total. The predicted octanol–water partition coefficient (Wildman–Crippen LogP) is 6.00. The van der Waals surface area contributed by atoms with Gasteiger partial charge < -0.3 is 15.2 Å². The molecule has 32 heavy (non-hydrogen) atoms. The van der Waals surface area contributed by atoms with Crippen LogP contribution in [0.25, 0.3) is 0 Å². The van der Waals surface area contributed by atoms with Gasteiger partial charge >= 0.3 is 11.9 Å². The fourth-order valence-corrected chi connectivity index (χ4v) is 3.65. The highest BCUT2D eigenvalue weighted by atomic mass is 35.5. The molecule has 1 unspecified atom stereocenters. The first-order chi connectivity index (χ1) is 15.0. The molecule has 0 aromatic heterocycles. The smallest absolute Gasteiger partial charge is 0.306 e. The van der Waals surface area contributed by atoms with Gasteiger partial charge in [0.1, 0.15) is 5.60 Å². The van der Waals surface area contributed by atoms with Crippen molar-refractivity contribution in [3.8, 4) is 0 Å². The van der Waals surface area contributed by atoms with Crippen LogP contribution < -0.4 is 5.32 Å². The number of hydrogen-bond acceptors (Lipinski definition) is 4. The monoisotopic (exact) mass is 479 g/mol. The lowest BCUT2D eigenvalue weighted by atomic mass is 9.95. The number of anilines is 1. The molecule has 0 saturated carbocycles. The van der Waals surface area contributed by atoms with Crippen molar-refractivity contribution in [3.05, 3.63) is 63.6 Å². The molecule has 0 spiro atoms. The summed E-state index contributed by atoms with van der Waals surface area (Å²) >= 11 is 12.1. The molecule has 0 aliphatic rings. The Labute approximate surface area is 197 Å². The fourth-order valence-electron chi connectivity index (χ4n) is 3.08. The normalized spacial score (nSPS) is 12.2.